The first-order chi connectivity index (χ1) is 9.72. The molecule has 0 heterocycles. The number of halogens is 1. The lowest BCUT2D eigenvalue weighted by Gasteiger charge is -2.34. The molecule has 4 nitrogen and oxygen atoms in total. The minimum atomic E-state index is -3.89. The van der Waals surface area contributed by atoms with Gasteiger partial charge in [0, 0.05) is 11.7 Å². The minimum Gasteiger partial charge on any atom is -0.398 e. The normalized spacial score (nSPS) is 26.8. The molecule has 1 saturated carbocycles. The van der Waals surface area contributed by atoms with Gasteiger partial charge in [0.2, 0.25) is 10.0 Å². The van der Waals surface area contributed by atoms with Gasteiger partial charge in [0.15, 0.2) is 0 Å². The molecule has 1 aliphatic rings. The van der Waals surface area contributed by atoms with Gasteiger partial charge in [-0.25, -0.2) is 17.5 Å². The first-order valence-electron chi connectivity index (χ1n) is 7.30. The van der Waals surface area contributed by atoms with Crippen LogP contribution in [0.3, 0.4) is 0 Å². The van der Waals surface area contributed by atoms with Crippen LogP contribution >= 0.6 is 0 Å². The van der Waals surface area contributed by atoms with Crippen molar-refractivity contribution in [3.63, 3.8) is 0 Å². The molecule has 118 valence electrons. The molecule has 6 heteroatoms. The lowest BCUT2D eigenvalue weighted by molar-refractivity contribution is 0.227. The Morgan fingerprint density at radius 3 is 2.62 bits per heavy atom. The Hall–Kier alpha value is -1.14. The number of anilines is 1. The van der Waals surface area contributed by atoms with Crippen LogP contribution < -0.4 is 10.5 Å². The highest BCUT2D eigenvalue weighted by atomic mass is 32.2. The van der Waals surface area contributed by atoms with Gasteiger partial charge in [-0.15, -0.1) is 0 Å². The predicted molar refractivity (Wildman–Crippen MR) is 81.8 cm³/mol. The first-order valence-corrected chi connectivity index (χ1v) is 8.78. The fraction of sp³-hybridized carbons (Fsp3) is 0.600. The monoisotopic (exact) mass is 314 g/mol. The van der Waals surface area contributed by atoms with Crippen molar-refractivity contribution in [1.29, 1.82) is 0 Å². The summed E-state index contributed by atoms with van der Waals surface area (Å²) >= 11 is 0. The van der Waals surface area contributed by atoms with Gasteiger partial charge in [0.05, 0.1) is 0 Å². The number of hydrogen-bond acceptors (Lipinski definition) is 3. The van der Waals surface area contributed by atoms with E-state index in [1.54, 1.807) is 6.92 Å². The third kappa shape index (κ3) is 3.37. The van der Waals surface area contributed by atoms with Crippen molar-refractivity contribution in [2.24, 2.45) is 11.8 Å². The van der Waals surface area contributed by atoms with Crippen LogP contribution in [0.15, 0.2) is 17.0 Å². The van der Waals surface area contributed by atoms with Crippen LogP contribution in [0.2, 0.25) is 0 Å². The number of nitrogens with one attached hydrogen (secondary N) is 1. The van der Waals surface area contributed by atoms with Crippen LogP contribution in [-0.4, -0.2) is 14.5 Å². The van der Waals surface area contributed by atoms with E-state index in [9.17, 15) is 12.8 Å². The summed E-state index contributed by atoms with van der Waals surface area (Å²) in [5.74, 6) is -0.0653. The highest BCUT2D eigenvalue weighted by Gasteiger charge is 2.31. The Morgan fingerprint density at radius 2 is 1.95 bits per heavy atom. The van der Waals surface area contributed by atoms with E-state index in [0.717, 1.165) is 25.3 Å². The number of aryl methyl sites for hydroxylation is 1. The summed E-state index contributed by atoms with van der Waals surface area (Å²) in [7, 11) is -3.89. The molecule has 3 unspecified atom stereocenters. The van der Waals surface area contributed by atoms with E-state index in [1.807, 2.05) is 6.92 Å². The van der Waals surface area contributed by atoms with Crippen LogP contribution in [0.5, 0.6) is 0 Å². The Labute approximate surface area is 126 Å². The minimum absolute atomic E-state index is 0.152. The molecular formula is C15H23FN2O2S. The van der Waals surface area contributed by atoms with Crippen molar-refractivity contribution in [2.45, 2.75) is 51.0 Å². The molecule has 0 aliphatic heterocycles. The number of nitrogen functional groups attached to an aromatic ring is 1. The van der Waals surface area contributed by atoms with Crippen molar-refractivity contribution < 1.29 is 12.8 Å². The van der Waals surface area contributed by atoms with E-state index in [-0.39, 0.29) is 22.5 Å². The summed E-state index contributed by atoms with van der Waals surface area (Å²) in [4.78, 5) is -0.365. The van der Waals surface area contributed by atoms with Gasteiger partial charge < -0.3 is 5.73 Å². The highest BCUT2D eigenvalue weighted by molar-refractivity contribution is 7.89. The number of sulfonamides is 1. The number of rotatable bonds is 3. The molecule has 2 rings (SSSR count). The zero-order chi connectivity index (χ0) is 15.8. The molecule has 0 bridgehead atoms. The second-order valence-electron chi connectivity index (χ2n) is 6.13. The molecule has 1 fully saturated rings. The highest BCUT2D eigenvalue weighted by Crippen LogP contribution is 2.31. The summed E-state index contributed by atoms with van der Waals surface area (Å²) in [5, 5.41) is 0. The fourth-order valence-electron chi connectivity index (χ4n) is 2.89. The van der Waals surface area contributed by atoms with Crippen molar-refractivity contribution in [2.75, 3.05) is 5.73 Å². The van der Waals surface area contributed by atoms with Gasteiger partial charge in [-0.2, -0.15) is 0 Å². The average molecular weight is 314 g/mol. The molecule has 0 amide bonds. The molecular weight excluding hydrogens is 291 g/mol. The third-order valence-corrected chi connectivity index (χ3v) is 6.13. The van der Waals surface area contributed by atoms with Crippen LogP contribution in [-0.2, 0) is 10.0 Å². The molecule has 1 aromatic rings. The maximum atomic E-state index is 14.0. The Morgan fingerprint density at radius 1 is 1.29 bits per heavy atom. The fourth-order valence-corrected chi connectivity index (χ4v) is 4.34. The van der Waals surface area contributed by atoms with Crippen LogP contribution in [0.4, 0.5) is 10.1 Å². The number of benzene rings is 1. The quantitative estimate of drug-likeness (QED) is 0.843. The Bertz CT molecular complexity index is 631. The van der Waals surface area contributed by atoms with E-state index < -0.39 is 15.8 Å². The molecule has 21 heavy (non-hydrogen) atoms. The molecule has 0 saturated heterocycles. The van der Waals surface area contributed by atoms with Gasteiger partial charge in [0.25, 0.3) is 0 Å². The summed E-state index contributed by atoms with van der Waals surface area (Å²) < 4.78 is 41.5. The van der Waals surface area contributed by atoms with Gasteiger partial charge in [-0.1, -0.05) is 26.7 Å². The lowest BCUT2D eigenvalue weighted by atomic mass is 9.78. The second kappa shape index (κ2) is 5.93. The topological polar surface area (TPSA) is 72.2 Å². The van der Waals surface area contributed by atoms with E-state index >= 15 is 0 Å². The molecule has 1 aromatic carbocycles. The zero-order valence-corrected chi connectivity index (χ0v) is 13.5. The molecule has 0 aromatic heterocycles. The lowest BCUT2D eigenvalue weighted by Crippen LogP contribution is -2.43. The zero-order valence-electron chi connectivity index (χ0n) is 12.7. The molecule has 0 spiro atoms. The molecule has 3 atom stereocenters. The van der Waals surface area contributed by atoms with Crippen LogP contribution in [0.25, 0.3) is 0 Å². The SMILES string of the molecule is Cc1cc(F)c(S(=O)(=O)NC2CCCC(C)C2C)cc1N. The van der Waals surface area contributed by atoms with Crippen molar-refractivity contribution in [3.8, 4) is 0 Å². The number of hydrogen-bond donors (Lipinski definition) is 2. The van der Waals surface area contributed by atoms with Gasteiger partial charge in [-0.3, -0.25) is 0 Å². The molecule has 3 N–H and O–H groups in total. The predicted octanol–water partition coefficient (Wildman–Crippen LogP) is 2.82. The van der Waals surface area contributed by atoms with Crippen molar-refractivity contribution in [1.82, 2.24) is 4.72 Å². The van der Waals surface area contributed by atoms with E-state index in [2.05, 4.69) is 11.6 Å². The van der Waals surface area contributed by atoms with Crippen LogP contribution in [0, 0.1) is 24.6 Å². The summed E-state index contributed by atoms with van der Waals surface area (Å²) in [6.07, 6.45) is 2.87. The molecule has 1 aliphatic carbocycles. The summed E-state index contributed by atoms with van der Waals surface area (Å²) in [5.41, 5.74) is 6.52. The van der Waals surface area contributed by atoms with E-state index in [4.69, 9.17) is 5.73 Å². The maximum Gasteiger partial charge on any atom is 0.243 e. The summed E-state index contributed by atoms with van der Waals surface area (Å²) in [6, 6.07) is 2.21. The van der Waals surface area contributed by atoms with Gasteiger partial charge >= 0.3 is 0 Å². The third-order valence-electron chi connectivity index (χ3n) is 4.62. The van der Waals surface area contributed by atoms with Crippen LogP contribution in [0.1, 0.15) is 38.7 Å². The largest absolute Gasteiger partial charge is 0.398 e. The van der Waals surface area contributed by atoms with Gasteiger partial charge in [-0.05, 0) is 42.9 Å². The smallest absolute Gasteiger partial charge is 0.243 e. The van der Waals surface area contributed by atoms with E-state index in [1.165, 1.54) is 6.07 Å². The second-order valence-corrected chi connectivity index (χ2v) is 7.82. The van der Waals surface area contributed by atoms with Gasteiger partial charge in [0.1, 0.15) is 10.7 Å². The summed E-state index contributed by atoms with van der Waals surface area (Å²) in [6.45, 7) is 5.81. The van der Waals surface area contributed by atoms with E-state index in [0.29, 0.717) is 11.5 Å². The average Bonchev–Trinajstić information content (AvgIpc) is 2.39. The number of nitrogens with two attached hydrogens (primary N) is 1. The standard InChI is InChI=1S/C15H23FN2O2S/c1-9-5-4-6-14(11(9)3)18-21(19,20)15-8-13(17)10(2)7-12(15)16/h7-9,11,14,18H,4-6,17H2,1-3H3. The Balaban J connectivity index is 2.28. The van der Waals surface area contributed by atoms with Crippen molar-refractivity contribution >= 4 is 15.7 Å². The maximum absolute atomic E-state index is 14.0. The molecule has 0 radical (unpaired) electrons. The first kappa shape index (κ1) is 16.2. The Kier molecular flexibility index (Phi) is 4.58. The van der Waals surface area contributed by atoms with Crippen molar-refractivity contribution in [3.05, 3.63) is 23.5 Å².